The summed E-state index contributed by atoms with van der Waals surface area (Å²) in [6.07, 6.45) is 1.75. The predicted octanol–water partition coefficient (Wildman–Crippen LogP) is 5.45. The van der Waals surface area contributed by atoms with Crippen LogP contribution < -0.4 is 15.2 Å². The van der Waals surface area contributed by atoms with Crippen molar-refractivity contribution in [3.8, 4) is 11.5 Å². The summed E-state index contributed by atoms with van der Waals surface area (Å²) >= 11 is 0. The largest absolute Gasteiger partial charge is 0.480 e. The Kier molecular flexibility index (Phi) is 14.2. The number of carbonyl (C=O) groups is 4. The monoisotopic (exact) mass is 549 g/mol. The molecule has 1 aromatic carbocycles. The Morgan fingerprint density at radius 2 is 1.41 bits per heavy atom. The van der Waals surface area contributed by atoms with E-state index in [-0.39, 0.29) is 49.5 Å². The van der Waals surface area contributed by atoms with Crippen LogP contribution in [-0.4, -0.2) is 40.6 Å². The second-order valence-corrected chi connectivity index (χ2v) is 11.5. The topological polar surface area (TPSA) is 142 Å². The van der Waals surface area contributed by atoms with Crippen LogP contribution in [0.5, 0.6) is 11.5 Å². The van der Waals surface area contributed by atoms with Crippen LogP contribution in [0.2, 0.25) is 0 Å². The Balaban J connectivity index is 3.14. The first-order valence-corrected chi connectivity index (χ1v) is 13.9. The van der Waals surface area contributed by atoms with Gasteiger partial charge in [-0.25, -0.2) is 0 Å². The molecule has 0 aliphatic rings. The fourth-order valence-corrected chi connectivity index (χ4v) is 3.84. The van der Waals surface area contributed by atoms with Crippen molar-refractivity contribution in [2.24, 2.45) is 23.5 Å². The third kappa shape index (κ3) is 13.1. The van der Waals surface area contributed by atoms with Crippen LogP contribution in [-0.2, 0) is 30.3 Å². The molecule has 0 saturated heterocycles. The number of ether oxygens (including phenoxy) is 3. The molecule has 9 heteroatoms. The molecule has 39 heavy (non-hydrogen) atoms. The molecule has 0 amide bonds. The molecule has 0 spiro atoms. The van der Waals surface area contributed by atoms with Gasteiger partial charge in [-0.1, -0.05) is 54.0 Å². The van der Waals surface area contributed by atoms with E-state index in [1.54, 1.807) is 13.0 Å². The highest BCUT2D eigenvalue weighted by molar-refractivity contribution is 5.80. The standard InChI is InChI=1S/C30H47NO8/c1-8-21(6)15-28(34)37-22(7)17-30(31,29(35)36)18-23-11-12-24(38-26(32)13-9-19(2)3)25(16-23)39-27(33)14-10-20(4)5/h11-12,16,19-22H,8-10,13-15,17-18,31H2,1-7H3,(H,35,36)/t21?,22-,30?/m0/s1. The molecule has 1 aromatic rings. The molecule has 0 radical (unpaired) electrons. The maximum Gasteiger partial charge on any atom is 0.324 e. The van der Waals surface area contributed by atoms with Gasteiger partial charge in [0.1, 0.15) is 11.6 Å². The minimum Gasteiger partial charge on any atom is -0.480 e. The number of hydrogen-bond acceptors (Lipinski definition) is 8. The normalized spacial score (nSPS) is 14.4. The molecule has 0 aliphatic carbocycles. The first-order chi connectivity index (χ1) is 18.1. The van der Waals surface area contributed by atoms with Gasteiger partial charge in [0, 0.05) is 32.1 Å². The predicted molar refractivity (Wildman–Crippen MR) is 148 cm³/mol. The molecular weight excluding hydrogens is 502 g/mol. The van der Waals surface area contributed by atoms with Gasteiger partial charge in [-0.05, 0) is 55.2 Å². The molecule has 0 aliphatic heterocycles. The quantitative estimate of drug-likeness (QED) is 0.191. The Morgan fingerprint density at radius 3 is 1.90 bits per heavy atom. The molecular formula is C30H47NO8. The van der Waals surface area contributed by atoms with Crippen molar-refractivity contribution < 1.29 is 38.5 Å². The van der Waals surface area contributed by atoms with Crippen molar-refractivity contribution in [1.29, 1.82) is 0 Å². The van der Waals surface area contributed by atoms with Crippen molar-refractivity contribution in [3.05, 3.63) is 23.8 Å². The average Bonchev–Trinajstić information content (AvgIpc) is 2.82. The molecule has 0 bridgehead atoms. The lowest BCUT2D eigenvalue weighted by atomic mass is 9.86. The maximum absolute atomic E-state index is 12.5. The molecule has 220 valence electrons. The minimum absolute atomic E-state index is 0.0277. The van der Waals surface area contributed by atoms with Crippen molar-refractivity contribution in [3.63, 3.8) is 0 Å². The molecule has 0 aromatic heterocycles. The fraction of sp³-hybridized carbons (Fsp3) is 0.667. The number of benzene rings is 1. The van der Waals surface area contributed by atoms with Crippen LogP contribution in [0.4, 0.5) is 0 Å². The summed E-state index contributed by atoms with van der Waals surface area (Å²) < 4.78 is 16.5. The highest BCUT2D eigenvalue weighted by atomic mass is 16.6. The van der Waals surface area contributed by atoms with E-state index in [1.807, 2.05) is 41.5 Å². The minimum atomic E-state index is -1.76. The summed E-state index contributed by atoms with van der Waals surface area (Å²) in [5.74, 6) is -1.72. The Morgan fingerprint density at radius 1 is 0.872 bits per heavy atom. The third-order valence-electron chi connectivity index (χ3n) is 6.45. The van der Waals surface area contributed by atoms with Crippen LogP contribution in [0.15, 0.2) is 18.2 Å². The van der Waals surface area contributed by atoms with Gasteiger partial charge < -0.3 is 25.1 Å². The van der Waals surface area contributed by atoms with Gasteiger partial charge in [0.05, 0.1) is 0 Å². The highest BCUT2D eigenvalue weighted by Gasteiger charge is 2.37. The van der Waals surface area contributed by atoms with Gasteiger partial charge in [-0.15, -0.1) is 0 Å². The van der Waals surface area contributed by atoms with Crippen molar-refractivity contribution in [2.75, 3.05) is 0 Å². The molecule has 3 atom stereocenters. The number of carboxylic acid groups (broad SMARTS) is 1. The van der Waals surface area contributed by atoms with Gasteiger partial charge in [0.15, 0.2) is 11.5 Å². The van der Waals surface area contributed by atoms with Gasteiger partial charge in [-0.3, -0.25) is 19.2 Å². The van der Waals surface area contributed by atoms with Crippen molar-refractivity contribution in [2.45, 2.75) is 111 Å². The fourth-order valence-electron chi connectivity index (χ4n) is 3.84. The van der Waals surface area contributed by atoms with E-state index in [2.05, 4.69) is 0 Å². The molecule has 0 heterocycles. The van der Waals surface area contributed by atoms with Gasteiger partial charge in [0.2, 0.25) is 0 Å². The van der Waals surface area contributed by atoms with E-state index >= 15 is 0 Å². The summed E-state index contributed by atoms with van der Waals surface area (Å²) in [5.41, 5.74) is 5.02. The summed E-state index contributed by atoms with van der Waals surface area (Å²) in [6, 6.07) is 4.54. The van der Waals surface area contributed by atoms with E-state index in [0.29, 0.717) is 30.2 Å². The van der Waals surface area contributed by atoms with Crippen LogP contribution in [0, 0.1) is 17.8 Å². The number of aliphatic carboxylic acids is 1. The lowest BCUT2D eigenvalue weighted by Gasteiger charge is -2.28. The third-order valence-corrected chi connectivity index (χ3v) is 6.45. The van der Waals surface area contributed by atoms with E-state index in [4.69, 9.17) is 19.9 Å². The number of nitrogens with two attached hydrogens (primary N) is 1. The molecule has 9 nitrogen and oxygen atoms in total. The Labute approximate surface area is 232 Å². The SMILES string of the molecule is CCC(C)CC(=O)O[C@@H](C)CC(N)(Cc1ccc(OC(=O)CCC(C)C)c(OC(=O)CCC(C)C)c1)C(=O)O. The number of hydrogen-bond donors (Lipinski definition) is 2. The van der Waals surface area contributed by atoms with Crippen LogP contribution >= 0.6 is 0 Å². The van der Waals surface area contributed by atoms with Crippen molar-refractivity contribution >= 4 is 23.9 Å². The van der Waals surface area contributed by atoms with Gasteiger partial charge >= 0.3 is 23.9 Å². The average molecular weight is 550 g/mol. The first kappa shape index (κ1) is 34.1. The smallest absolute Gasteiger partial charge is 0.324 e. The lowest BCUT2D eigenvalue weighted by Crippen LogP contribution is -2.52. The van der Waals surface area contributed by atoms with Crippen LogP contribution in [0.25, 0.3) is 0 Å². The van der Waals surface area contributed by atoms with Crippen LogP contribution in [0.1, 0.15) is 99.0 Å². The van der Waals surface area contributed by atoms with E-state index in [9.17, 15) is 24.3 Å². The molecule has 0 saturated carbocycles. The molecule has 2 unspecified atom stereocenters. The number of rotatable bonds is 17. The maximum atomic E-state index is 12.5. The molecule has 0 fully saturated rings. The zero-order chi connectivity index (χ0) is 29.8. The molecule has 1 rings (SSSR count). The zero-order valence-electron chi connectivity index (χ0n) is 24.6. The van der Waals surface area contributed by atoms with E-state index in [0.717, 1.165) is 6.42 Å². The van der Waals surface area contributed by atoms with E-state index in [1.165, 1.54) is 12.1 Å². The lowest BCUT2D eigenvalue weighted by molar-refractivity contribution is -0.154. The van der Waals surface area contributed by atoms with Crippen molar-refractivity contribution in [1.82, 2.24) is 0 Å². The summed E-state index contributed by atoms with van der Waals surface area (Å²) in [5, 5.41) is 9.95. The Bertz CT molecular complexity index is 974. The van der Waals surface area contributed by atoms with Crippen LogP contribution in [0.3, 0.4) is 0 Å². The summed E-state index contributed by atoms with van der Waals surface area (Å²) in [6.45, 7) is 13.5. The summed E-state index contributed by atoms with van der Waals surface area (Å²) in [4.78, 5) is 49.2. The molecule has 3 N–H and O–H groups in total. The Hall–Kier alpha value is -2.94. The zero-order valence-corrected chi connectivity index (χ0v) is 24.6. The highest BCUT2D eigenvalue weighted by Crippen LogP contribution is 2.32. The summed E-state index contributed by atoms with van der Waals surface area (Å²) in [7, 11) is 0. The number of carboxylic acids is 1. The number of esters is 3. The second kappa shape index (κ2) is 16.2. The van der Waals surface area contributed by atoms with Gasteiger partial charge in [0.25, 0.3) is 0 Å². The second-order valence-electron chi connectivity index (χ2n) is 11.5. The van der Waals surface area contributed by atoms with E-state index < -0.39 is 35.5 Å². The first-order valence-electron chi connectivity index (χ1n) is 13.9. The van der Waals surface area contributed by atoms with Gasteiger partial charge in [-0.2, -0.15) is 0 Å². The number of carbonyl (C=O) groups excluding carboxylic acids is 3.